The minimum atomic E-state index is -3.81. The molecule has 9 nitrogen and oxygen atoms in total. The Morgan fingerprint density at radius 1 is 1.19 bits per heavy atom. The number of aromatic nitrogens is 2. The summed E-state index contributed by atoms with van der Waals surface area (Å²) in [4.78, 5) is 10.7. The third-order valence-electron chi connectivity index (χ3n) is 4.13. The molecule has 0 saturated carbocycles. The van der Waals surface area contributed by atoms with Gasteiger partial charge in [-0.2, -0.15) is 9.40 Å². The van der Waals surface area contributed by atoms with Gasteiger partial charge in [-0.15, -0.1) is 0 Å². The Balaban J connectivity index is 2.05. The molecule has 0 radical (unpaired) electrons. The topological polar surface area (TPSA) is 118 Å². The average Bonchev–Trinajstić information content (AvgIpc) is 3.12. The molecule has 2 aromatic carbocycles. The molecule has 1 N–H and O–H groups in total. The van der Waals surface area contributed by atoms with Crippen LogP contribution >= 0.6 is 0 Å². The van der Waals surface area contributed by atoms with E-state index in [1.54, 1.807) is 38.2 Å². The number of H-pyrrole nitrogens is 1. The number of nitro benzene ring substituents is 1. The van der Waals surface area contributed by atoms with E-state index in [1.807, 2.05) is 0 Å². The number of fused-ring (bicyclic) bond motifs is 1. The van der Waals surface area contributed by atoms with Gasteiger partial charge in [0.2, 0.25) is 15.8 Å². The van der Waals surface area contributed by atoms with E-state index < -0.39 is 20.6 Å². The SMILES string of the molecule is CCN(CC)S(=O)(=O)c1ccc(Oc2cccc3[nH]ncc23)c([N+](=O)[O-])c1. The van der Waals surface area contributed by atoms with Crippen molar-refractivity contribution >= 4 is 26.6 Å². The Morgan fingerprint density at radius 2 is 1.93 bits per heavy atom. The Hall–Kier alpha value is -2.98. The second-order valence-electron chi connectivity index (χ2n) is 5.67. The number of nitrogens with zero attached hydrogens (tertiary/aromatic N) is 3. The smallest absolute Gasteiger partial charge is 0.312 e. The highest BCUT2D eigenvalue weighted by Crippen LogP contribution is 2.36. The molecular weight excluding hydrogens is 372 g/mol. The van der Waals surface area contributed by atoms with Gasteiger partial charge in [-0.05, 0) is 24.3 Å². The molecule has 1 heterocycles. The fourth-order valence-corrected chi connectivity index (χ4v) is 4.23. The zero-order valence-electron chi connectivity index (χ0n) is 14.7. The van der Waals surface area contributed by atoms with E-state index in [1.165, 1.54) is 16.4 Å². The van der Waals surface area contributed by atoms with Gasteiger partial charge in [-0.1, -0.05) is 19.9 Å². The predicted octanol–water partition coefficient (Wildman–Crippen LogP) is 3.29. The third kappa shape index (κ3) is 3.49. The first-order valence-corrected chi connectivity index (χ1v) is 9.71. The van der Waals surface area contributed by atoms with Crippen LogP contribution in [-0.2, 0) is 10.0 Å². The number of sulfonamides is 1. The largest absolute Gasteiger partial charge is 0.449 e. The maximum absolute atomic E-state index is 12.6. The van der Waals surface area contributed by atoms with Crippen LogP contribution in [0.5, 0.6) is 11.5 Å². The first-order chi connectivity index (χ1) is 12.9. The Labute approximate surface area is 155 Å². The summed E-state index contributed by atoms with van der Waals surface area (Å²) in [5.74, 6) is 0.330. The summed E-state index contributed by atoms with van der Waals surface area (Å²) >= 11 is 0. The summed E-state index contributed by atoms with van der Waals surface area (Å²) in [5.41, 5.74) is 0.291. The molecule has 0 bridgehead atoms. The number of ether oxygens (including phenoxy) is 1. The molecule has 0 aliphatic rings. The van der Waals surface area contributed by atoms with Crippen molar-refractivity contribution < 1.29 is 18.1 Å². The van der Waals surface area contributed by atoms with E-state index in [0.29, 0.717) is 11.1 Å². The molecule has 0 aliphatic carbocycles. The van der Waals surface area contributed by atoms with Gasteiger partial charge in [0.05, 0.1) is 26.9 Å². The number of rotatable bonds is 7. The second-order valence-corrected chi connectivity index (χ2v) is 7.60. The van der Waals surface area contributed by atoms with Crippen LogP contribution in [0.1, 0.15) is 13.8 Å². The zero-order valence-corrected chi connectivity index (χ0v) is 15.6. The summed E-state index contributed by atoms with van der Waals surface area (Å²) in [6.07, 6.45) is 1.55. The van der Waals surface area contributed by atoms with Gasteiger partial charge in [0.15, 0.2) is 0 Å². The van der Waals surface area contributed by atoms with Gasteiger partial charge in [-0.25, -0.2) is 8.42 Å². The van der Waals surface area contributed by atoms with Crippen molar-refractivity contribution in [1.29, 1.82) is 0 Å². The van der Waals surface area contributed by atoms with Crippen molar-refractivity contribution in [2.75, 3.05) is 13.1 Å². The van der Waals surface area contributed by atoms with Gasteiger partial charge in [0, 0.05) is 19.2 Å². The normalized spacial score (nSPS) is 11.8. The van der Waals surface area contributed by atoms with E-state index in [9.17, 15) is 18.5 Å². The molecule has 3 aromatic rings. The lowest BCUT2D eigenvalue weighted by Gasteiger charge is -2.18. The molecule has 0 atom stereocenters. The number of hydrogen-bond acceptors (Lipinski definition) is 6. The second kappa shape index (κ2) is 7.33. The first-order valence-electron chi connectivity index (χ1n) is 8.27. The average molecular weight is 390 g/mol. The summed E-state index contributed by atoms with van der Waals surface area (Å²) in [5, 5.41) is 18.9. The van der Waals surface area contributed by atoms with Crippen LogP contribution < -0.4 is 4.74 Å². The minimum Gasteiger partial charge on any atom is -0.449 e. The third-order valence-corrected chi connectivity index (χ3v) is 6.18. The summed E-state index contributed by atoms with van der Waals surface area (Å²) in [6, 6.07) is 8.81. The molecular formula is C17H18N4O5S. The molecule has 0 spiro atoms. The Morgan fingerprint density at radius 3 is 2.59 bits per heavy atom. The highest BCUT2D eigenvalue weighted by atomic mass is 32.2. The standard InChI is InChI=1S/C17H18N4O5S/c1-3-20(4-2)27(24,25)12-8-9-17(15(10-12)21(22)23)26-16-7-5-6-14-13(16)11-18-19-14/h5-11H,3-4H2,1-2H3,(H,18,19). The monoisotopic (exact) mass is 390 g/mol. The van der Waals surface area contributed by atoms with Crippen LogP contribution in [0.3, 0.4) is 0 Å². The van der Waals surface area contributed by atoms with Gasteiger partial charge >= 0.3 is 5.69 Å². The molecule has 10 heteroatoms. The van der Waals surface area contributed by atoms with Crippen LogP contribution in [0, 0.1) is 10.1 Å². The molecule has 1 aromatic heterocycles. The van der Waals surface area contributed by atoms with Crippen molar-refractivity contribution in [2.45, 2.75) is 18.7 Å². The summed E-state index contributed by atoms with van der Waals surface area (Å²) in [6.45, 7) is 3.96. The van der Waals surface area contributed by atoms with Gasteiger partial charge < -0.3 is 4.74 Å². The number of nitro groups is 1. The minimum absolute atomic E-state index is 0.0489. The van der Waals surface area contributed by atoms with Crippen LogP contribution in [-0.4, -0.2) is 40.9 Å². The highest BCUT2D eigenvalue weighted by Gasteiger charge is 2.26. The quantitative estimate of drug-likeness (QED) is 0.488. The van der Waals surface area contributed by atoms with Crippen molar-refractivity contribution in [3.63, 3.8) is 0 Å². The number of aromatic amines is 1. The molecule has 0 saturated heterocycles. The lowest BCUT2D eigenvalue weighted by molar-refractivity contribution is -0.385. The lowest BCUT2D eigenvalue weighted by atomic mass is 10.2. The predicted molar refractivity (Wildman–Crippen MR) is 99.4 cm³/mol. The van der Waals surface area contributed by atoms with Crippen molar-refractivity contribution in [2.24, 2.45) is 0 Å². The summed E-state index contributed by atoms with van der Waals surface area (Å²) in [7, 11) is -3.81. The van der Waals surface area contributed by atoms with E-state index in [4.69, 9.17) is 4.74 Å². The van der Waals surface area contributed by atoms with Crippen LogP contribution in [0.25, 0.3) is 10.9 Å². The highest BCUT2D eigenvalue weighted by molar-refractivity contribution is 7.89. The van der Waals surface area contributed by atoms with Crippen LogP contribution in [0.15, 0.2) is 47.5 Å². The maximum Gasteiger partial charge on any atom is 0.312 e. The van der Waals surface area contributed by atoms with Crippen LogP contribution in [0.4, 0.5) is 5.69 Å². The summed E-state index contributed by atoms with van der Waals surface area (Å²) < 4.78 is 32.2. The van der Waals surface area contributed by atoms with Crippen molar-refractivity contribution in [1.82, 2.24) is 14.5 Å². The number of benzene rings is 2. The molecule has 0 fully saturated rings. The molecule has 0 amide bonds. The Bertz CT molecular complexity index is 1090. The van der Waals surface area contributed by atoms with E-state index in [2.05, 4.69) is 10.2 Å². The molecule has 27 heavy (non-hydrogen) atoms. The Kier molecular flexibility index (Phi) is 5.10. The lowest BCUT2D eigenvalue weighted by Crippen LogP contribution is -2.30. The van der Waals surface area contributed by atoms with Gasteiger partial charge in [0.1, 0.15) is 5.75 Å². The van der Waals surface area contributed by atoms with Crippen molar-refractivity contribution in [3.8, 4) is 11.5 Å². The molecule has 0 aliphatic heterocycles. The molecule has 3 rings (SSSR count). The molecule has 0 unspecified atom stereocenters. The molecule has 142 valence electrons. The van der Waals surface area contributed by atoms with Crippen LogP contribution in [0.2, 0.25) is 0 Å². The van der Waals surface area contributed by atoms with Gasteiger partial charge in [0.25, 0.3) is 0 Å². The first kappa shape index (κ1) is 18.8. The van der Waals surface area contributed by atoms with E-state index in [-0.39, 0.29) is 23.7 Å². The number of nitrogens with one attached hydrogen (secondary N) is 1. The maximum atomic E-state index is 12.6. The van der Waals surface area contributed by atoms with Crippen molar-refractivity contribution in [3.05, 3.63) is 52.7 Å². The fraction of sp³-hybridized carbons (Fsp3) is 0.235. The van der Waals surface area contributed by atoms with E-state index >= 15 is 0 Å². The van der Waals surface area contributed by atoms with Gasteiger partial charge in [-0.3, -0.25) is 15.2 Å². The number of hydrogen-bond donors (Lipinski definition) is 1. The van der Waals surface area contributed by atoms with E-state index in [0.717, 1.165) is 11.6 Å². The fourth-order valence-electron chi connectivity index (χ4n) is 2.75. The zero-order chi connectivity index (χ0) is 19.6.